The molecule has 2 fully saturated rings. The third-order valence-electron chi connectivity index (χ3n) is 9.06. The van der Waals surface area contributed by atoms with Crippen molar-refractivity contribution in [3.8, 4) is 11.5 Å². The van der Waals surface area contributed by atoms with Crippen LogP contribution in [0.1, 0.15) is 81.0 Å². The van der Waals surface area contributed by atoms with Gasteiger partial charge in [0.1, 0.15) is 22.7 Å². The Morgan fingerprint density at radius 2 is 1.84 bits per heavy atom. The first-order valence-electron chi connectivity index (χ1n) is 13.9. The van der Waals surface area contributed by atoms with Crippen LogP contribution in [-0.4, -0.2) is 35.2 Å². The van der Waals surface area contributed by atoms with Crippen LogP contribution >= 0.6 is 11.6 Å². The Bertz CT molecular complexity index is 1220. The van der Waals surface area contributed by atoms with Gasteiger partial charge in [0.15, 0.2) is 0 Å². The molecule has 38 heavy (non-hydrogen) atoms. The molecule has 1 saturated carbocycles. The summed E-state index contributed by atoms with van der Waals surface area (Å²) >= 11 is 6.47. The van der Waals surface area contributed by atoms with Crippen LogP contribution in [0.2, 0.25) is 5.02 Å². The first-order valence-corrected chi connectivity index (χ1v) is 14.2. The maximum atomic E-state index is 11.7. The van der Waals surface area contributed by atoms with Crippen molar-refractivity contribution in [1.29, 1.82) is 0 Å². The van der Waals surface area contributed by atoms with E-state index in [-0.39, 0.29) is 46.7 Å². The van der Waals surface area contributed by atoms with Crippen molar-refractivity contribution in [2.45, 2.75) is 89.4 Å². The fourth-order valence-corrected chi connectivity index (χ4v) is 7.14. The molecule has 0 unspecified atom stereocenters. The summed E-state index contributed by atoms with van der Waals surface area (Å²) in [6.45, 7) is 8.81. The van der Waals surface area contributed by atoms with Crippen molar-refractivity contribution in [2.75, 3.05) is 13.1 Å². The smallest absolute Gasteiger partial charge is 0.550 e. The molecule has 2 aromatic carbocycles. The van der Waals surface area contributed by atoms with Gasteiger partial charge < -0.3 is 19.4 Å². The van der Waals surface area contributed by atoms with E-state index < -0.39 is 11.9 Å². The van der Waals surface area contributed by atoms with Crippen molar-refractivity contribution in [3.63, 3.8) is 0 Å². The van der Waals surface area contributed by atoms with E-state index in [0.29, 0.717) is 5.92 Å². The monoisotopic (exact) mass is 545 g/mol. The van der Waals surface area contributed by atoms with Gasteiger partial charge in [0, 0.05) is 48.5 Å². The standard InChI is InChI=1S/C31H38ClNO4.Na/c1-19(29(34)35)27(21-5-6-21)22-7-4-20-8-9-31(36-26(20)16-22)10-12-33(13-11-31)18-24-15-25(32)14-23-17-30(2,3)37-28(23)24;/h4,7,14-16,19,21,27H,5-6,8-13,17-18H2,1-3H3,(H,34,35);/q;+1/p-1/t19-,27-;/m0./s1. The Balaban J connectivity index is 0.00000294. The summed E-state index contributed by atoms with van der Waals surface area (Å²) < 4.78 is 13.1. The van der Waals surface area contributed by atoms with E-state index in [9.17, 15) is 9.90 Å². The van der Waals surface area contributed by atoms with Crippen LogP contribution < -0.4 is 44.1 Å². The number of ether oxygens (including phenoxy) is 2. The molecule has 1 spiro atoms. The molecule has 198 valence electrons. The molecule has 3 aliphatic heterocycles. The number of fused-ring (bicyclic) bond motifs is 2. The third kappa shape index (κ3) is 5.65. The molecular formula is C31H37ClNNaO4. The molecule has 2 aromatic rings. The van der Waals surface area contributed by atoms with Crippen molar-refractivity contribution < 1.29 is 48.9 Å². The van der Waals surface area contributed by atoms with Crippen molar-refractivity contribution in [3.05, 3.63) is 57.6 Å². The van der Waals surface area contributed by atoms with Crippen LogP contribution in [0.5, 0.6) is 11.5 Å². The molecule has 4 aliphatic rings. The normalized spacial score (nSPS) is 22.8. The van der Waals surface area contributed by atoms with Gasteiger partial charge in [-0.3, -0.25) is 4.90 Å². The molecule has 7 heteroatoms. The first-order chi connectivity index (χ1) is 17.6. The van der Waals surface area contributed by atoms with Gasteiger partial charge in [-0.15, -0.1) is 0 Å². The van der Waals surface area contributed by atoms with Crippen LogP contribution in [-0.2, 0) is 24.2 Å². The molecule has 6 rings (SSSR count). The Labute approximate surface area is 253 Å². The van der Waals surface area contributed by atoms with Gasteiger partial charge in [-0.05, 0) is 99.1 Å². The van der Waals surface area contributed by atoms with E-state index in [1.165, 1.54) is 16.7 Å². The maximum Gasteiger partial charge on any atom is 1.00 e. The second kappa shape index (κ2) is 10.6. The number of rotatable bonds is 6. The quantitative estimate of drug-likeness (QED) is 0.521. The molecule has 0 amide bonds. The van der Waals surface area contributed by atoms with Gasteiger partial charge in [-0.1, -0.05) is 30.7 Å². The summed E-state index contributed by atoms with van der Waals surface area (Å²) in [5, 5.41) is 12.5. The van der Waals surface area contributed by atoms with Gasteiger partial charge in [-0.25, -0.2) is 0 Å². The second-order valence-electron chi connectivity index (χ2n) is 12.5. The van der Waals surface area contributed by atoms with Crippen LogP contribution in [0.15, 0.2) is 30.3 Å². The van der Waals surface area contributed by atoms with Gasteiger partial charge >= 0.3 is 29.6 Å². The summed E-state index contributed by atoms with van der Waals surface area (Å²) in [5.74, 6) is 0.963. The first kappa shape index (κ1) is 28.3. The van der Waals surface area contributed by atoms with Crippen molar-refractivity contribution >= 4 is 17.6 Å². The number of benzene rings is 2. The Kier molecular flexibility index (Phi) is 7.91. The Morgan fingerprint density at radius 1 is 1.11 bits per heavy atom. The molecular weight excluding hydrogens is 509 g/mol. The van der Waals surface area contributed by atoms with Gasteiger partial charge in [0.05, 0.1) is 0 Å². The largest absolute Gasteiger partial charge is 1.00 e. The molecule has 3 heterocycles. The number of piperidine rings is 1. The number of hydrogen-bond acceptors (Lipinski definition) is 5. The summed E-state index contributed by atoms with van der Waals surface area (Å²) in [6.07, 6.45) is 7.07. The van der Waals surface area contributed by atoms with Crippen LogP contribution in [0, 0.1) is 11.8 Å². The number of aliphatic carboxylic acids is 1. The number of hydrogen-bond donors (Lipinski definition) is 0. The zero-order valence-corrected chi connectivity index (χ0v) is 25.9. The molecule has 1 saturated heterocycles. The fraction of sp³-hybridized carbons (Fsp3) is 0.581. The number of aryl methyl sites for hydroxylation is 1. The summed E-state index contributed by atoms with van der Waals surface area (Å²) in [7, 11) is 0. The minimum Gasteiger partial charge on any atom is -0.550 e. The molecule has 1 aliphatic carbocycles. The van der Waals surface area contributed by atoms with Crippen molar-refractivity contribution in [1.82, 2.24) is 4.90 Å². The molecule has 5 nitrogen and oxygen atoms in total. The number of halogens is 1. The minimum atomic E-state index is -0.960. The fourth-order valence-electron chi connectivity index (χ4n) is 6.87. The van der Waals surface area contributed by atoms with E-state index in [0.717, 1.165) is 86.7 Å². The number of carbonyl (C=O) groups excluding carboxylic acids is 1. The van der Waals surface area contributed by atoms with E-state index in [1.54, 1.807) is 6.92 Å². The summed E-state index contributed by atoms with van der Waals surface area (Å²) in [5.41, 5.74) is 4.38. The predicted octanol–water partition coefficient (Wildman–Crippen LogP) is 2.30. The number of likely N-dealkylation sites (tertiary alicyclic amines) is 1. The number of carboxylic acid groups (broad SMARTS) is 1. The summed E-state index contributed by atoms with van der Waals surface area (Å²) in [6, 6.07) is 10.5. The molecule has 2 atom stereocenters. The third-order valence-corrected chi connectivity index (χ3v) is 9.27. The average molecular weight is 546 g/mol. The van der Waals surface area contributed by atoms with E-state index in [2.05, 4.69) is 43.0 Å². The van der Waals surface area contributed by atoms with Crippen LogP contribution in [0.4, 0.5) is 0 Å². The van der Waals surface area contributed by atoms with E-state index in [1.807, 2.05) is 6.07 Å². The zero-order chi connectivity index (χ0) is 25.9. The minimum absolute atomic E-state index is 0. The molecule has 0 radical (unpaired) electrons. The summed E-state index contributed by atoms with van der Waals surface area (Å²) in [4.78, 5) is 14.2. The number of carboxylic acids is 1. The number of nitrogens with zero attached hydrogens (tertiary/aromatic N) is 1. The van der Waals surface area contributed by atoms with Gasteiger partial charge in [0.2, 0.25) is 0 Å². The van der Waals surface area contributed by atoms with Crippen LogP contribution in [0.3, 0.4) is 0 Å². The predicted molar refractivity (Wildman–Crippen MR) is 142 cm³/mol. The molecule has 0 aromatic heterocycles. The Hall–Kier alpha value is -1.24. The van der Waals surface area contributed by atoms with E-state index >= 15 is 0 Å². The van der Waals surface area contributed by atoms with Gasteiger partial charge in [-0.2, -0.15) is 0 Å². The Morgan fingerprint density at radius 3 is 2.53 bits per heavy atom. The topological polar surface area (TPSA) is 61.8 Å². The zero-order valence-electron chi connectivity index (χ0n) is 23.1. The second-order valence-corrected chi connectivity index (χ2v) is 12.9. The van der Waals surface area contributed by atoms with Crippen molar-refractivity contribution in [2.24, 2.45) is 11.8 Å². The number of carbonyl (C=O) groups is 1. The SMILES string of the molecule is C[C@H](C(=O)[O-])[C@H](c1ccc2c(c1)OC1(CC2)CCN(Cc2cc(Cl)cc3c2OC(C)(C)C3)CC1)C1CC1.[Na+]. The van der Waals surface area contributed by atoms with Gasteiger partial charge in [0.25, 0.3) is 0 Å². The molecule has 0 bridgehead atoms. The average Bonchev–Trinajstić information content (AvgIpc) is 3.62. The van der Waals surface area contributed by atoms with Crippen LogP contribution in [0.25, 0.3) is 0 Å². The van der Waals surface area contributed by atoms with E-state index in [4.69, 9.17) is 21.1 Å². The maximum absolute atomic E-state index is 11.7. The molecule has 0 N–H and O–H groups in total.